The summed E-state index contributed by atoms with van der Waals surface area (Å²) in [6.45, 7) is 0. The standard InChI is InChI=1S/C24H12N2O/c25-13-18(14-26)20-11-17-12-22(15-5-2-1-3-6-15)27-21-10-9-16-7-4-8-19(20)23(16)24(17)21/h1-12H. The fourth-order valence-electron chi connectivity index (χ4n) is 3.76. The number of rotatable bonds is 1. The molecule has 1 aliphatic heterocycles. The molecule has 0 aliphatic carbocycles. The molecule has 4 aromatic carbocycles. The van der Waals surface area contributed by atoms with Gasteiger partial charge < -0.3 is 4.74 Å². The first-order valence-electron chi connectivity index (χ1n) is 8.58. The summed E-state index contributed by atoms with van der Waals surface area (Å²) in [6, 6.07) is 25.8. The van der Waals surface area contributed by atoms with Crippen LogP contribution in [-0.4, -0.2) is 0 Å². The molecule has 3 heteroatoms. The maximum Gasteiger partial charge on any atom is 0.137 e. The lowest BCUT2D eigenvalue weighted by atomic mass is 9.91. The predicted octanol–water partition coefficient (Wildman–Crippen LogP) is 4.80. The van der Waals surface area contributed by atoms with E-state index < -0.39 is 0 Å². The highest BCUT2D eigenvalue weighted by Gasteiger charge is 2.20. The Morgan fingerprint density at radius 2 is 1.63 bits per heavy atom. The van der Waals surface area contributed by atoms with E-state index in [0.29, 0.717) is 5.22 Å². The Morgan fingerprint density at radius 3 is 2.41 bits per heavy atom. The molecule has 0 radical (unpaired) electrons. The van der Waals surface area contributed by atoms with Crippen molar-refractivity contribution in [3.05, 3.63) is 83.1 Å². The predicted molar refractivity (Wildman–Crippen MR) is 106 cm³/mol. The van der Waals surface area contributed by atoms with Crippen molar-refractivity contribution in [3.8, 4) is 17.9 Å². The average Bonchev–Trinajstić information content (AvgIpc) is 2.73. The van der Waals surface area contributed by atoms with Crippen LogP contribution in [0.3, 0.4) is 0 Å². The van der Waals surface area contributed by atoms with Crippen molar-refractivity contribution in [2.75, 3.05) is 0 Å². The largest absolute Gasteiger partial charge is 0.456 e. The minimum atomic E-state index is 0.118. The van der Waals surface area contributed by atoms with Crippen molar-refractivity contribution >= 4 is 39.0 Å². The van der Waals surface area contributed by atoms with Gasteiger partial charge in [0.25, 0.3) is 0 Å². The Hall–Kier alpha value is -4.08. The zero-order valence-corrected chi connectivity index (χ0v) is 14.2. The second-order valence-electron chi connectivity index (χ2n) is 6.43. The van der Waals surface area contributed by atoms with E-state index in [0.717, 1.165) is 44.2 Å². The number of hydrogen-bond donors (Lipinski definition) is 0. The van der Waals surface area contributed by atoms with Gasteiger partial charge in [0.2, 0.25) is 0 Å². The van der Waals surface area contributed by atoms with E-state index in [-0.39, 0.29) is 5.57 Å². The summed E-state index contributed by atoms with van der Waals surface area (Å²) >= 11 is 0. The van der Waals surface area contributed by atoms with Crippen LogP contribution < -0.4 is 9.96 Å². The smallest absolute Gasteiger partial charge is 0.137 e. The van der Waals surface area contributed by atoms with Crippen molar-refractivity contribution in [2.45, 2.75) is 0 Å². The van der Waals surface area contributed by atoms with E-state index in [9.17, 15) is 10.5 Å². The van der Waals surface area contributed by atoms with E-state index in [2.05, 4.69) is 0 Å². The molecular formula is C24H12N2O. The minimum Gasteiger partial charge on any atom is -0.456 e. The monoisotopic (exact) mass is 344 g/mol. The van der Waals surface area contributed by atoms with Gasteiger partial charge in [0.1, 0.15) is 29.2 Å². The molecule has 0 amide bonds. The average molecular weight is 344 g/mol. The highest BCUT2D eigenvalue weighted by Crippen LogP contribution is 2.41. The van der Waals surface area contributed by atoms with Gasteiger partial charge in [-0.25, -0.2) is 0 Å². The first-order chi connectivity index (χ1) is 13.3. The molecule has 0 saturated heterocycles. The second kappa shape index (κ2) is 5.73. The Morgan fingerprint density at radius 1 is 0.815 bits per heavy atom. The van der Waals surface area contributed by atoms with Crippen LogP contribution in [0.4, 0.5) is 0 Å². The SMILES string of the molecule is N#CC(C#N)=c1cc2c3c(ccc4cccc1c43)OC(c1ccccc1)=C2. The van der Waals surface area contributed by atoms with Gasteiger partial charge in [0.15, 0.2) is 0 Å². The van der Waals surface area contributed by atoms with Crippen LogP contribution in [0.2, 0.25) is 0 Å². The Labute approximate surface area is 155 Å². The first kappa shape index (κ1) is 15.2. The van der Waals surface area contributed by atoms with Crippen molar-refractivity contribution in [3.63, 3.8) is 0 Å². The first-order valence-corrected chi connectivity index (χ1v) is 8.58. The van der Waals surface area contributed by atoms with Crippen LogP contribution in [0, 0.1) is 22.7 Å². The Bertz CT molecular complexity index is 1380. The van der Waals surface area contributed by atoms with Crippen LogP contribution in [0.15, 0.2) is 66.7 Å². The summed E-state index contributed by atoms with van der Waals surface area (Å²) in [7, 11) is 0. The van der Waals surface area contributed by atoms with E-state index in [4.69, 9.17) is 4.74 Å². The van der Waals surface area contributed by atoms with E-state index >= 15 is 0 Å². The third kappa shape index (κ3) is 2.20. The van der Waals surface area contributed by atoms with Crippen molar-refractivity contribution < 1.29 is 4.74 Å². The zero-order chi connectivity index (χ0) is 18.4. The van der Waals surface area contributed by atoms with Crippen LogP contribution >= 0.6 is 0 Å². The summed E-state index contributed by atoms with van der Waals surface area (Å²) in [5.74, 6) is 1.54. The molecule has 0 bridgehead atoms. The van der Waals surface area contributed by atoms with Crippen LogP contribution in [-0.2, 0) is 0 Å². The molecule has 0 spiro atoms. The molecule has 4 aromatic rings. The molecule has 5 rings (SSSR count). The maximum absolute atomic E-state index is 9.44. The molecule has 0 fully saturated rings. The topological polar surface area (TPSA) is 56.8 Å². The summed E-state index contributed by atoms with van der Waals surface area (Å²) < 4.78 is 6.21. The molecule has 3 nitrogen and oxygen atoms in total. The number of nitrogens with zero attached hydrogens (tertiary/aromatic N) is 2. The number of hydrogen-bond acceptors (Lipinski definition) is 3. The quantitative estimate of drug-likeness (QED) is 0.498. The van der Waals surface area contributed by atoms with E-state index in [1.165, 1.54) is 0 Å². The summed E-state index contributed by atoms with van der Waals surface area (Å²) in [4.78, 5) is 0. The van der Waals surface area contributed by atoms with Crippen molar-refractivity contribution in [1.82, 2.24) is 0 Å². The number of nitriles is 2. The number of benzene rings is 4. The molecule has 0 saturated carbocycles. The lowest BCUT2D eigenvalue weighted by molar-refractivity contribution is 0.522. The highest BCUT2D eigenvalue weighted by atomic mass is 16.5. The molecule has 0 N–H and O–H groups in total. The van der Waals surface area contributed by atoms with Crippen LogP contribution in [0.5, 0.6) is 5.75 Å². The van der Waals surface area contributed by atoms with E-state index in [1.807, 2.05) is 84.9 Å². The van der Waals surface area contributed by atoms with Gasteiger partial charge in [0.05, 0.1) is 0 Å². The van der Waals surface area contributed by atoms with Gasteiger partial charge in [-0.05, 0) is 34.5 Å². The molecule has 1 aliphatic rings. The summed E-state index contributed by atoms with van der Waals surface area (Å²) in [5.41, 5.74) is 2.05. The molecule has 27 heavy (non-hydrogen) atoms. The third-order valence-corrected chi connectivity index (χ3v) is 4.94. The highest BCUT2D eigenvalue weighted by molar-refractivity contribution is 6.17. The van der Waals surface area contributed by atoms with Gasteiger partial charge in [0, 0.05) is 21.6 Å². The molecule has 1 heterocycles. The Balaban J connectivity index is 1.96. The minimum absolute atomic E-state index is 0.118. The molecule has 0 unspecified atom stereocenters. The van der Waals surface area contributed by atoms with Gasteiger partial charge in [-0.2, -0.15) is 10.5 Å². The molecular weight excluding hydrogens is 332 g/mol. The summed E-state index contributed by atoms with van der Waals surface area (Å²) in [6.07, 6.45) is 1.99. The maximum atomic E-state index is 9.44. The molecule has 124 valence electrons. The van der Waals surface area contributed by atoms with Gasteiger partial charge >= 0.3 is 0 Å². The summed E-state index contributed by atoms with van der Waals surface area (Å²) in [5, 5.41) is 23.5. The fraction of sp³-hybridized carbons (Fsp3) is 0. The molecule has 0 aromatic heterocycles. The third-order valence-electron chi connectivity index (χ3n) is 4.94. The van der Waals surface area contributed by atoms with Gasteiger partial charge in [-0.3, -0.25) is 0 Å². The van der Waals surface area contributed by atoms with Crippen molar-refractivity contribution in [2.24, 2.45) is 0 Å². The van der Waals surface area contributed by atoms with Crippen molar-refractivity contribution in [1.29, 1.82) is 10.5 Å². The zero-order valence-electron chi connectivity index (χ0n) is 14.2. The van der Waals surface area contributed by atoms with E-state index in [1.54, 1.807) is 0 Å². The fourth-order valence-corrected chi connectivity index (χ4v) is 3.76. The van der Waals surface area contributed by atoms with Gasteiger partial charge in [-0.15, -0.1) is 0 Å². The Kier molecular flexibility index (Phi) is 3.22. The lowest BCUT2D eigenvalue weighted by Crippen LogP contribution is -2.10. The molecule has 0 atom stereocenters. The number of ether oxygens (including phenoxy) is 1. The lowest BCUT2D eigenvalue weighted by Gasteiger charge is -2.21. The van der Waals surface area contributed by atoms with Gasteiger partial charge in [-0.1, -0.05) is 54.6 Å². The normalized spacial score (nSPS) is 12.1. The second-order valence-corrected chi connectivity index (χ2v) is 6.43. The van der Waals surface area contributed by atoms with Crippen LogP contribution in [0.1, 0.15) is 11.1 Å². The van der Waals surface area contributed by atoms with Crippen LogP contribution in [0.25, 0.3) is 39.0 Å².